The van der Waals surface area contributed by atoms with Gasteiger partial charge in [0.25, 0.3) is 12.0 Å². The van der Waals surface area contributed by atoms with E-state index in [1.807, 2.05) is 4.90 Å². The molecular weight excluding hydrogens is 744 g/mol. The summed E-state index contributed by atoms with van der Waals surface area (Å²) < 4.78 is 71.9. The van der Waals surface area contributed by atoms with Gasteiger partial charge in [0, 0.05) is 75.5 Å². The van der Waals surface area contributed by atoms with Crippen LogP contribution >= 0.6 is 0 Å². The number of urea groups is 1. The lowest BCUT2D eigenvalue weighted by atomic mass is 9.99. The summed E-state index contributed by atoms with van der Waals surface area (Å²) >= 11 is 0. The van der Waals surface area contributed by atoms with E-state index in [4.69, 9.17) is 0 Å². The quantitative estimate of drug-likeness (QED) is 0.261. The number of alkyl halides is 2. The first-order valence-electron chi connectivity index (χ1n) is 18.8. The number of imide groups is 1. The summed E-state index contributed by atoms with van der Waals surface area (Å²) in [5.74, 6) is -0.740. The highest BCUT2D eigenvalue weighted by Gasteiger charge is 2.40. The minimum Gasteiger partial charge on any atom is -0.388 e. The van der Waals surface area contributed by atoms with Crippen molar-refractivity contribution in [2.75, 3.05) is 73.2 Å². The number of fused-ring (bicyclic) bond motifs is 1. The highest BCUT2D eigenvalue weighted by molar-refractivity contribution is 7.89. The Hall–Kier alpha value is -4.33. The van der Waals surface area contributed by atoms with Gasteiger partial charge in [0.2, 0.25) is 21.9 Å². The second kappa shape index (κ2) is 15.7. The number of piperidine rings is 1. The maximum absolute atomic E-state index is 15.0. The summed E-state index contributed by atoms with van der Waals surface area (Å²) in [6, 6.07) is 4.28. The maximum Gasteiger partial charge on any atom is 0.328 e. The lowest BCUT2D eigenvalue weighted by Crippen LogP contribution is -2.50. The number of carbonyl (C=O) groups excluding carboxylic acids is 2. The molecule has 1 aromatic carbocycles. The molecule has 298 valence electrons. The second-order valence-corrected chi connectivity index (χ2v) is 17.1. The number of hydrogen-bond donors (Lipinski definition) is 3. The van der Waals surface area contributed by atoms with Crippen molar-refractivity contribution in [3.05, 3.63) is 52.2 Å². The summed E-state index contributed by atoms with van der Waals surface area (Å²) in [6.45, 7) is 5.52. The number of nitrogens with zero attached hydrogens (tertiary/aromatic N) is 7. The van der Waals surface area contributed by atoms with Crippen LogP contribution in [0.15, 0.2) is 35.3 Å². The number of pyridine rings is 1. The number of aliphatic hydroxyl groups is 1. The summed E-state index contributed by atoms with van der Waals surface area (Å²) in [6.07, 6.45) is 1.43. The molecule has 1 saturated carbocycles. The van der Waals surface area contributed by atoms with E-state index >= 15 is 4.39 Å². The van der Waals surface area contributed by atoms with Crippen LogP contribution in [0.2, 0.25) is 0 Å². The summed E-state index contributed by atoms with van der Waals surface area (Å²) in [7, 11) is -3.51. The Bertz CT molecular complexity index is 2100. The van der Waals surface area contributed by atoms with Crippen LogP contribution in [0.5, 0.6) is 0 Å². The second-order valence-electron chi connectivity index (χ2n) is 15.0. The van der Waals surface area contributed by atoms with E-state index in [9.17, 15) is 36.7 Å². The number of benzene rings is 1. The maximum atomic E-state index is 15.0. The molecule has 1 aliphatic carbocycles. The zero-order chi connectivity index (χ0) is 39.1. The molecule has 3 aromatic rings. The molecule has 0 radical (unpaired) electrons. The summed E-state index contributed by atoms with van der Waals surface area (Å²) in [5.41, 5.74) is -1.85. The fourth-order valence-corrected chi connectivity index (χ4v) is 9.71. The fraction of sp³-hybridized carbons (Fsp3) is 0.583. The summed E-state index contributed by atoms with van der Waals surface area (Å²) in [4.78, 5) is 51.1. The zero-order valence-electron chi connectivity index (χ0n) is 30.6. The van der Waals surface area contributed by atoms with Gasteiger partial charge in [0.05, 0.1) is 28.6 Å². The van der Waals surface area contributed by atoms with Gasteiger partial charge >= 0.3 is 6.03 Å². The van der Waals surface area contributed by atoms with Gasteiger partial charge in [-0.25, -0.2) is 35.7 Å². The number of anilines is 3. The number of amides is 3. The van der Waals surface area contributed by atoms with Crippen LogP contribution < -0.4 is 26.0 Å². The van der Waals surface area contributed by atoms with E-state index in [0.717, 1.165) is 6.07 Å². The standard InChI is InChI=1S/C36H46F3N9O6S/c1-36(52)10-2-4-29(36)48-32-23(20-26(31(38)39)33(48)50)22-40-34(43-32)41-24-7-12-46(13-8-24)55(53,54)19-3-11-44-15-17-45(18-16-44)25-5-6-28(27(37)21-25)47-14-9-30(49)42-35(47)51/h5-6,20-22,24,29,31,52H,2-4,7-19H2,1H3,(H,40,41,43)(H,42,49,51)/t29-,36-/m1/s1. The molecule has 4 aliphatic rings. The Kier molecular flexibility index (Phi) is 11.1. The van der Waals surface area contributed by atoms with E-state index in [1.165, 1.54) is 26.0 Å². The van der Waals surface area contributed by atoms with Gasteiger partial charge in [-0.2, -0.15) is 4.98 Å². The normalized spacial score (nSPS) is 23.6. The predicted molar refractivity (Wildman–Crippen MR) is 199 cm³/mol. The topological polar surface area (TPSA) is 173 Å². The van der Waals surface area contributed by atoms with Gasteiger partial charge in [0.1, 0.15) is 11.5 Å². The van der Waals surface area contributed by atoms with Crippen LogP contribution in [-0.2, 0) is 14.8 Å². The first-order chi connectivity index (χ1) is 26.2. The van der Waals surface area contributed by atoms with Crippen molar-refractivity contribution in [3.63, 3.8) is 0 Å². The number of halogens is 3. The third-order valence-corrected chi connectivity index (χ3v) is 13.3. The van der Waals surface area contributed by atoms with Gasteiger partial charge in [-0.1, -0.05) is 0 Å². The lowest BCUT2D eigenvalue weighted by molar-refractivity contribution is -0.120. The van der Waals surface area contributed by atoms with Gasteiger partial charge in [-0.05, 0) is 76.3 Å². The number of rotatable bonds is 11. The van der Waals surface area contributed by atoms with Crippen molar-refractivity contribution in [2.45, 2.75) is 76.0 Å². The molecule has 7 rings (SSSR count). The van der Waals surface area contributed by atoms with Crippen LogP contribution in [0.1, 0.15) is 69.9 Å². The Labute approximate surface area is 316 Å². The van der Waals surface area contributed by atoms with Crippen molar-refractivity contribution in [1.29, 1.82) is 0 Å². The van der Waals surface area contributed by atoms with E-state index < -0.39 is 51.1 Å². The molecule has 0 spiro atoms. The van der Waals surface area contributed by atoms with Gasteiger partial charge in [0.15, 0.2) is 0 Å². The average Bonchev–Trinajstić information content (AvgIpc) is 3.50. The molecule has 3 amide bonds. The Balaban J connectivity index is 0.888. The van der Waals surface area contributed by atoms with Gasteiger partial charge in [-0.15, -0.1) is 0 Å². The van der Waals surface area contributed by atoms with Crippen LogP contribution in [0.4, 0.5) is 35.3 Å². The molecule has 0 unspecified atom stereocenters. The minimum atomic E-state index is -3.51. The molecule has 3 aliphatic heterocycles. The highest BCUT2D eigenvalue weighted by atomic mass is 32.2. The fourth-order valence-electron chi connectivity index (χ4n) is 8.19. The van der Waals surface area contributed by atoms with E-state index in [0.29, 0.717) is 90.0 Å². The predicted octanol–water partition coefficient (Wildman–Crippen LogP) is 3.21. The van der Waals surface area contributed by atoms with Gasteiger partial charge < -0.3 is 15.3 Å². The Morgan fingerprint density at radius 3 is 2.44 bits per heavy atom. The van der Waals surface area contributed by atoms with Crippen LogP contribution in [0.25, 0.3) is 11.0 Å². The molecule has 2 atom stereocenters. The third kappa shape index (κ3) is 8.29. The van der Waals surface area contributed by atoms with Crippen molar-refractivity contribution < 1.29 is 36.3 Å². The zero-order valence-corrected chi connectivity index (χ0v) is 31.4. The molecule has 4 fully saturated rings. The van der Waals surface area contributed by atoms with E-state index in [1.54, 1.807) is 19.1 Å². The van der Waals surface area contributed by atoms with E-state index in [2.05, 4.69) is 25.5 Å². The molecule has 55 heavy (non-hydrogen) atoms. The Morgan fingerprint density at radius 1 is 1.04 bits per heavy atom. The largest absolute Gasteiger partial charge is 0.388 e. The van der Waals surface area contributed by atoms with Crippen molar-refractivity contribution in [1.82, 2.24) is 29.1 Å². The number of hydrogen-bond acceptors (Lipinski definition) is 11. The SMILES string of the molecule is C[C@@]1(O)CCC[C@H]1n1c(=O)c(C(F)F)cc2cnc(NC3CCN(S(=O)(=O)CCCN4CCN(c5ccc(N6CCC(=O)NC6=O)c(F)c5)CC4)CC3)nc21. The number of nitrogens with one attached hydrogen (secondary N) is 2. The summed E-state index contributed by atoms with van der Waals surface area (Å²) in [5, 5.41) is 16.7. The third-order valence-electron chi connectivity index (χ3n) is 11.3. The minimum absolute atomic E-state index is 0.00448. The smallest absolute Gasteiger partial charge is 0.328 e. The number of sulfonamides is 1. The number of carbonyl (C=O) groups is 2. The number of aromatic nitrogens is 3. The highest BCUT2D eigenvalue weighted by Crippen LogP contribution is 2.40. The molecule has 19 heteroatoms. The van der Waals surface area contributed by atoms with Gasteiger partial charge in [-0.3, -0.25) is 29.3 Å². The van der Waals surface area contributed by atoms with Crippen molar-refractivity contribution in [2.24, 2.45) is 0 Å². The van der Waals surface area contributed by atoms with Crippen molar-refractivity contribution in [3.8, 4) is 0 Å². The van der Waals surface area contributed by atoms with E-state index in [-0.39, 0.29) is 53.3 Å². The first-order valence-corrected chi connectivity index (χ1v) is 20.4. The molecule has 3 saturated heterocycles. The van der Waals surface area contributed by atoms with Crippen LogP contribution in [-0.4, -0.2) is 119 Å². The van der Waals surface area contributed by atoms with Crippen molar-refractivity contribution >= 4 is 50.3 Å². The molecule has 0 bridgehead atoms. The lowest BCUT2D eigenvalue weighted by Gasteiger charge is -2.36. The first kappa shape index (κ1) is 38.9. The molecular formula is C36H46F3N9O6S. The Morgan fingerprint density at radius 2 is 1.78 bits per heavy atom. The molecule has 5 heterocycles. The number of piperazine rings is 1. The van der Waals surface area contributed by atoms with Crippen LogP contribution in [0.3, 0.4) is 0 Å². The molecule has 3 N–H and O–H groups in total. The molecule has 15 nitrogen and oxygen atoms in total. The molecule has 2 aromatic heterocycles. The van der Waals surface area contributed by atoms with Crippen LogP contribution in [0, 0.1) is 5.82 Å². The monoisotopic (exact) mass is 789 g/mol. The average molecular weight is 790 g/mol.